The molecule has 1 heterocycles. The number of rotatable bonds is 15. The van der Waals surface area contributed by atoms with Crippen molar-refractivity contribution >= 4 is 25.5 Å². The second-order valence-corrected chi connectivity index (χ2v) is 8.26. The molecule has 0 bridgehead atoms. The first kappa shape index (κ1) is 25.7. The van der Waals surface area contributed by atoms with E-state index in [9.17, 15) is 24.1 Å². The Kier molecular flexibility index (Phi) is 11.6. The van der Waals surface area contributed by atoms with E-state index in [4.69, 9.17) is 14.5 Å². The van der Waals surface area contributed by atoms with Gasteiger partial charge in [0, 0.05) is 6.42 Å². The van der Waals surface area contributed by atoms with Crippen LogP contribution >= 0.6 is 7.82 Å². The van der Waals surface area contributed by atoms with E-state index in [0.717, 1.165) is 19.3 Å². The first-order valence-electron chi connectivity index (χ1n) is 9.97. The molecule has 3 atom stereocenters. The maximum atomic E-state index is 11.9. The fraction of sp³-hybridized carbons (Fsp3) is 0.833. The number of cyclic esters (lactones) is 1. The number of aliphatic hydroxyl groups excluding tert-OH is 1. The van der Waals surface area contributed by atoms with Gasteiger partial charge in [-0.05, 0) is 6.42 Å². The van der Waals surface area contributed by atoms with E-state index < -0.39 is 50.5 Å². The summed E-state index contributed by atoms with van der Waals surface area (Å²) in [6.45, 7) is 1.59. The predicted molar refractivity (Wildman–Crippen MR) is 101 cm³/mol. The van der Waals surface area contributed by atoms with E-state index in [0.29, 0.717) is 6.42 Å². The molecule has 3 N–H and O–H groups in total. The summed E-state index contributed by atoms with van der Waals surface area (Å²) in [5.74, 6) is -3.00. The van der Waals surface area contributed by atoms with Crippen LogP contribution < -0.4 is 0 Å². The van der Waals surface area contributed by atoms with Gasteiger partial charge >= 0.3 is 19.8 Å². The molecule has 1 rings (SSSR count). The van der Waals surface area contributed by atoms with Crippen molar-refractivity contribution in [3.8, 4) is 0 Å². The zero-order valence-electron chi connectivity index (χ0n) is 16.7. The Balaban J connectivity index is 2.20. The Morgan fingerprint density at radius 3 is 2.17 bits per heavy atom. The quantitative estimate of drug-likeness (QED) is 0.149. The zero-order valence-corrected chi connectivity index (χ0v) is 17.6. The van der Waals surface area contributed by atoms with Gasteiger partial charge in [0.05, 0.1) is 0 Å². The monoisotopic (exact) mass is 438 g/mol. The summed E-state index contributed by atoms with van der Waals surface area (Å²) >= 11 is 0. The molecule has 1 aliphatic rings. The molecule has 1 fully saturated rings. The Hall–Kier alpha value is -1.32. The Morgan fingerprint density at radius 2 is 1.62 bits per heavy atom. The highest BCUT2D eigenvalue weighted by Gasteiger charge is 2.50. The molecule has 1 aliphatic heterocycles. The van der Waals surface area contributed by atoms with Gasteiger partial charge in [-0.15, -0.1) is 0 Å². The normalized spacial score (nSPS) is 20.6. The molecule has 3 unspecified atom stereocenters. The molecule has 0 spiro atoms. The first-order valence-corrected chi connectivity index (χ1v) is 11.5. The number of aliphatic hydroxyl groups is 1. The van der Waals surface area contributed by atoms with Crippen molar-refractivity contribution in [2.75, 3.05) is 6.61 Å². The number of carbonyl (C=O) groups is 3. The molecule has 0 aromatic heterocycles. The number of ether oxygens (including phenoxy) is 2. The smallest absolute Gasteiger partial charge is 0.463 e. The predicted octanol–water partition coefficient (Wildman–Crippen LogP) is 1.78. The van der Waals surface area contributed by atoms with Crippen molar-refractivity contribution in [2.45, 2.75) is 89.4 Å². The molecule has 0 radical (unpaired) electrons. The zero-order chi connectivity index (χ0) is 21.9. The van der Waals surface area contributed by atoms with E-state index in [-0.39, 0.29) is 6.42 Å². The summed E-state index contributed by atoms with van der Waals surface area (Å²) in [6.07, 6.45) is 4.58. The molecule has 0 amide bonds. The van der Waals surface area contributed by atoms with E-state index in [1.54, 1.807) is 0 Å². The van der Waals surface area contributed by atoms with Crippen molar-refractivity contribution in [3.63, 3.8) is 0 Å². The SMILES string of the molecule is CCCCCCCCCCCC(=O)OCC(O)C1OC(=O)C(OP(=O)(O)O)C1=O. The van der Waals surface area contributed by atoms with Gasteiger partial charge in [0.2, 0.25) is 11.9 Å². The first-order chi connectivity index (χ1) is 13.7. The van der Waals surface area contributed by atoms with Crippen LogP contribution in [0.25, 0.3) is 0 Å². The molecular formula is C18H31O10P. The number of hydrogen-bond acceptors (Lipinski definition) is 8. The number of phosphoric acid groups is 1. The summed E-state index contributed by atoms with van der Waals surface area (Å²) in [7, 11) is -5.09. The minimum Gasteiger partial charge on any atom is -0.463 e. The molecule has 0 saturated carbocycles. The summed E-state index contributed by atoms with van der Waals surface area (Å²) in [5, 5.41) is 9.91. The van der Waals surface area contributed by atoms with Gasteiger partial charge in [-0.25, -0.2) is 9.36 Å². The van der Waals surface area contributed by atoms with E-state index in [1.165, 1.54) is 32.1 Å². The lowest BCUT2D eigenvalue weighted by molar-refractivity contribution is -0.156. The third-order valence-electron chi connectivity index (χ3n) is 4.49. The second kappa shape index (κ2) is 13.1. The van der Waals surface area contributed by atoms with Crippen LogP contribution in [0.2, 0.25) is 0 Å². The second-order valence-electron chi connectivity index (χ2n) is 7.06. The van der Waals surface area contributed by atoms with Crippen molar-refractivity contribution in [3.05, 3.63) is 0 Å². The fourth-order valence-electron chi connectivity index (χ4n) is 2.93. The molecule has 168 valence electrons. The van der Waals surface area contributed by atoms with Crippen molar-refractivity contribution in [1.29, 1.82) is 0 Å². The Bertz CT molecular complexity index is 587. The summed E-state index contributed by atoms with van der Waals surface area (Å²) in [4.78, 5) is 52.5. The molecule has 0 aromatic carbocycles. The van der Waals surface area contributed by atoms with Gasteiger partial charge in [-0.3, -0.25) is 14.1 Å². The standard InChI is InChI=1S/C18H31O10P/c1-2-3-4-5-6-7-8-9-10-11-14(20)26-12-13(19)16-15(21)17(18(22)27-16)28-29(23,24)25/h13,16-17,19H,2-12H2,1H3,(H2,23,24,25). The van der Waals surface area contributed by atoms with Crippen LogP contribution in [0.4, 0.5) is 0 Å². The maximum absolute atomic E-state index is 11.9. The van der Waals surface area contributed by atoms with Gasteiger partial charge in [-0.2, -0.15) is 0 Å². The maximum Gasteiger partial charge on any atom is 0.470 e. The van der Waals surface area contributed by atoms with Gasteiger partial charge in [-0.1, -0.05) is 58.3 Å². The average Bonchev–Trinajstić information content (AvgIpc) is 2.91. The number of ketones is 1. The van der Waals surface area contributed by atoms with Crippen molar-refractivity contribution in [2.24, 2.45) is 0 Å². The summed E-state index contributed by atoms with van der Waals surface area (Å²) in [5.41, 5.74) is 0. The highest BCUT2D eigenvalue weighted by molar-refractivity contribution is 7.46. The Labute approximate surface area is 170 Å². The highest BCUT2D eigenvalue weighted by atomic mass is 31.2. The van der Waals surface area contributed by atoms with Crippen LogP contribution in [0.15, 0.2) is 0 Å². The third-order valence-corrected chi connectivity index (χ3v) is 4.97. The molecule has 11 heteroatoms. The van der Waals surface area contributed by atoms with Crippen LogP contribution in [0, 0.1) is 0 Å². The van der Waals surface area contributed by atoms with E-state index in [1.807, 2.05) is 0 Å². The van der Waals surface area contributed by atoms with Gasteiger partial charge in [0.15, 0.2) is 6.10 Å². The highest BCUT2D eigenvalue weighted by Crippen LogP contribution is 2.39. The molecule has 29 heavy (non-hydrogen) atoms. The Morgan fingerprint density at radius 1 is 1.07 bits per heavy atom. The number of Topliss-reactive ketones (excluding diaryl/α,β-unsaturated/α-hetero) is 1. The van der Waals surface area contributed by atoms with E-state index >= 15 is 0 Å². The number of esters is 2. The summed E-state index contributed by atoms with van der Waals surface area (Å²) in [6, 6.07) is 0. The number of phosphoric ester groups is 1. The van der Waals surface area contributed by atoms with Gasteiger partial charge < -0.3 is 24.4 Å². The van der Waals surface area contributed by atoms with Gasteiger partial charge in [0.25, 0.3) is 0 Å². The minimum absolute atomic E-state index is 0.172. The fourth-order valence-corrected chi connectivity index (χ4v) is 3.39. The molecular weight excluding hydrogens is 407 g/mol. The number of carbonyl (C=O) groups excluding carboxylic acids is 3. The van der Waals surface area contributed by atoms with Crippen LogP contribution in [-0.4, -0.2) is 57.5 Å². The number of hydrogen-bond donors (Lipinski definition) is 3. The molecule has 0 aliphatic carbocycles. The van der Waals surface area contributed by atoms with Gasteiger partial charge in [0.1, 0.15) is 12.7 Å². The molecule has 10 nitrogen and oxygen atoms in total. The lowest BCUT2D eigenvalue weighted by Gasteiger charge is -2.15. The van der Waals surface area contributed by atoms with Crippen LogP contribution in [0.1, 0.15) is 71.1 Å². The average molecular weight is 438 g/mol. The minimum atomic E-state index is -5.09. The topological polar surface area (TPSA) is 157 Å². The largest absolute Gasteiger partial charge is 0.470 e. The van der Waals surface area contributed by atoms with Crippen molar-refractivity contribution < 1.29 is 47.8 Å². The third kappa shape index (κ3) is 10.3. The molecule has 0 aromatic rings. The lowest BCUT2D eigenvalue weighted by Crippen LogP contribution is -2.38. The molecule has 1 saturated heterocycles. The number of unbranched alkanes of at least 4 members (excludes halogenated alkanes) is 8. The van der Waals surface area contributed by atoms with Crippen LogP contribution in [0.5, 0.6) is 0 Å². The van der Waals surface area contributed by atoms with Crippen LogP contribution in [-0.2, 0) is 32.9 Å². The summed E-state index contributed by atoms with van der Waals surface area (Å²) < 4.78 is 24.3. The van der Waals surface area contributed by atoms with Crippen LogP contribution in [0.3, 0.4) is 0 Å². The lowest BCUT2D eigenvalue weighted by atomic mass is 10.1. The van der Waals surface area contributed by atoms with Crippen molar-refractivity contribution in [1.82, 2.24) is 0 Å². The van der Waals surface area contributed by atoms with E-state index in [2.05, 4.69) is 16.2 Å².